The number of hydrogen-bond donors (Lipinski definition) is 1. The summed E-state index contributed by atoms with van der Waals surface area (Å²) in [4.78, 5) is 59.7. The van der Waals surface area contributed by atoms with Crippen molar-refractivity contribution < 1.29 is 29.0 Å². The van der Waals surface area contributed by atoms with Crippen LogP contribution in [0.25, 0.3) is 6.08 Å². The van der Waals surface area contributed by atoms with Crippen LogP contribution < -0.4 is 15.0 Å². The summed E-state index contributed by atoms with van der Waals surface area (Å²) >= 11 is 11.9. The van der Waals surface area contributed by atoms with Crippen LogP contribution in [0.3, 0.4) is 0 Å². The van der Waals surface area contributed by atoms with Gasteiger partial charge in [-0.25, -0.2) is 9.69 Å². The van der Waals surface area contributed by atoms with Crippen molar-refractivity contribution in [1.82, 2.24) is 5.32 Å². The van der Waals surface area contributed by atoms with Gasteiger partial charge in [0.15, 0.2) is 0 Å². The quantitative estimate of drug-likeness (QED) is 0.190. The first kappa shape index (κ1) is 25.3. The molecule has 0 spiro atoms. The molecule has 1 heterocycles. The Kier molecular flexibility index (Phi) is 6.87. The minimum Gasteiger partial charge on any atom is -0.449 e. The van der Waals surface area contributed by atoms with Gasteiger partial charge < -0.3 is 4.74 Å². The second kappa shape index (κ2) is 10.0. The highest BCUT2D eigenvalue weighted by atomic mass is 35.5. The highest BCUT2D eigenvalue weighted by Gasteiger charge is 2.37. The molecule has 0 atom stereocenters. The van der Waals surface area contributed by atoms with Crippen LogP contribution in [0.15, 0.2) is 66.2 Å². The molecule has 1 aliphatic rings. The zero-order valence-electron chi connectivity index (χ0n) is 18.2. The number of para-hydroxylation sites is 1. The number of halogens is 2. The largest absolute Gasteiger partial charge is 0.449 e. The molecule has 1 fully saturated rings. The first-order valence-corrected chi connectivity index (χ1v) is 10.9. The summed E-state index contributed by atoms with van der Waals surface area (Å²) in [5.74, 6) is -2.27. The summed E-state index contributed by atoms with van der Waals surface area (Å²) in [6.45, 7) is 0. The number of amides is 4. The smallest absolute Gasteiger partial charge is 0.335 e. The van der Waals surface area contributed by atoms with Gasteiger partial charge in [0.2, 0.25) is 5.75 Å². The number of ether oxygens (including phenoxy) is 1. The van der Waals surface area contributed by atoms with E-state index >= 15 is 0 Å². The number of nitrogens with one attached hydrogen (secondary N) is 1. The molecule has 1 aliphatic heterocycles. The van der Waals surface area contributed by atoms with E-state index in [1.54, 1.807) is 6.07 Å². The Morgan fingerprint density at radius 2 is 1.59 bits per heavy atom. The monoisotopic (exact) mass is 542 g/mol. The van der Waals surface area contributed by atoms with Crippen LogP contribution in [0.4, 0.5) is 21.9 Å². The number of nitro groups is 2. The summed E-state index contributed by atoms with van der Waals surface area (Å²) in [5.41, 5.74) is -1.41. The van der Waals surface area contributed by atoms with E-state index in [-0.39, 0.29) is 32.8 Å². The maximum Gasteiger partial charge on any atom is 0.335 e. The highest BCUT2D eigenvalue weighted by Crippen LogP contribution is 2.36. The molecule has 186 valence electrons. The van der Waals surface area contributed by atoms with Crippen molar-refractivity contribution in [3.8, 4) is 11.5 Å². The maximum absolute atomic E-state index is 13.2. The van der Waals surface area contributed by atoms with Gasteiger partial charge in [0.05, 0.1) is 31.6 Å². The SMILES string of the molecule is O=C1NC(=O)N(c2ccc(Cl)c(Cl)c2)C(=O)/C1=C/c1ccccc1Oc1ccc([N+](=O)[O-])cc1[N+](=O)[O-]. The normalized spacial score (nSPS) is 14.5. The summed E-state index contributed by atoms with van der Waals surface area (Å²) in [5, 5.41) is 24.8. The number of nitro benzene ring substituents is 2. The molecular weight excluding hydrogens is 531 g/mol. The minimum atomic E-state index is -1.00. The van der Waals surface area contributed by atoms with E-state index < -0.39 is 44.6 Å². The maximum atomic E-state index is 13.2. The van der Waals surface area contributed by atoms with Crippen molar-refractivity contribution in [1.29, 1.82) is 0 Å². The lowest BCUT2D eigenvalue weighted by atomic mass is 10.1. The molecule has 0 aromatic heterocycles. The lowest BCUT2D eigenvalue weighted by molar-refractivity contribution is -0.394. The number of carbonyl (C=O) groups excluding carboxylic acids is 3. The van der Waals surface area contributed by atoms with Gasteiger partial charge in [0.1, 0.15) is 11.3 Å². The number of carbonyl (C=O) groups is 3. The summed E-state index contributed by atoms with van der Waals surface area (Å²) < 4.78 is 5.65. The predicted octanol–water partition coefficient (Wildman–Crippen LogP) is 5.27. The van der Waals surface area contributed by atoms with E-state index in [1.807, 2.05) is 0 Å². The lowest BCUT2D eigenvalue weighted by Crippen LogP contribution is -2.54. The van der Waals surface area contributed by atoms with Crippen LogP contribution in [-0.2, 0) is 9.59 Å². The number of nitrogens with zero attached hydrogens (tertiary/aromatic N) is 3. The minimum absolute atomic E-state index is 0.00876. The Hall–Kier alpha value is -4.81. The number of urea groups is 1. The van der Waals surface area contributed by atoms with Crippen molar-refractivity contribution in [3.05, 3.63) is 102 Å². The van der Waals surface area contributed by atoms with Crippen LogP contribution in [0.1, 0.15) is 5.56 Å². The molecule has 1 saturated heterocycles. The van der Waals surface area contributed by atoms with Crippen LogP contribution in [0.2, 0.25) is 10.0 Å². The Labute approximate surface area is 216 Å². The summed E-state index contributed by atoms with van der Waals surface area (Å²) in [7, 11) is 0. The molecule has 0 aliphatic carbocycles. The Bertz CT molecular complexity index is 1540. The zero-order chi connectivity index (χ0) is 26.9. The Balaban J connectivity index is 1.73. The zero-order valence-corrected chi connectivity index (χ0v) is 19.7. The van der Waals surface area contributed by atoms with Crippen LogP contribution in [-0.4, -0.2) is 27.7 Å². The van der Waals surface area contributed by atoms with Gasteiger partial charge in [0.25, 0.3) is 17.5 Å². The molecule has 0 radical (unpaired) electrons. The molecule has 4 rings (SSSR count). The molecule has 4 amide bonds. The van der Waals surface area contributed by atoms with Gasteiger partial charge in [-0.3, -0.25) is 35.1 Å². The molecule has 1 N–H and O–H groups in total. The van der Waals surface area contributed by atoms with E-state index in [0.717, 1.165) is 24.3 Å². The number of rotatable bonds is 6. The van der Waals surface area contributed by atoms with E-state index in [4.69, 9.17) is 27.9 Å². The lowest BCUT2D eigenvalue weighted by Gasteiger charge is -2.26. The molecule has 0 saturated carbocycles. The van der Waals surface area contributed by atoms with Gasteiger partial charge in [-0.05, 0) is 36.4 Å². The van der Waals surface area contributed by atoms with E-state index in [0.29, 0.717) is 4.90 Å². The van der Waals surface area contributed by atoms with Gasteiger partial charge in [-0.15, -0.1) is 0 Å². The molecule has 3 aromatic carbocycles. The number of anilines is 1. The van der Waals surface area contributed by atoms with Crippen LogP contribution >= 0.6 is 23.2 Å². The molecule has 0 bridgehead atoms. The standard InChI is InChI=1S/C23H12Cl2N4O8/c24-16-7-5-13(10-17(16)25)27-22(31)15(21(30)26-23(27)32)9-12-3-1-2-4-19(12)37-20-8-6-14(28(33)34)11-18(20)29(35)36/h1-11H,(H,26,30,32)/b15-9+. The Morgan fingerprint density at radius 3 is 2.27 bits per heavy atom. The molecular formula is C23H12Cl2N4O8. The first-order valence-electron chi connectivity index (χ1n) is 10.1. The molecule has 12 nitrogen and oxygen atoms in total. The van der Waals surface area contributed by atoms with E-state index in [9.17, 15) is 34.6 Å². The van der Waals surface area contributed by atoms with Gasteiger partial charge in [-0.1, -0.05) is 41.4 Å². The van der Waals surface area contributed by atoms with Crippen LogP contribution in [0.5, 0.6) is 11.5 Å². The second-order valence-electron chi connectivity index (χ2n) is 7.36. The fraction of sp³-hybridized carbons (Fsp3) is 0. The predicted molar refractivity (Wildman–Crippen MR) is 132 cm³/mol. The number of imide groups is 2. The second-order valence-corrected chi connectivity index (χ2v) is 8.18. The van der Waals surface area contributed by atoms with Crippen LogP contribution in [0, 0.1) is 20.2 Å². The average Bonchev–Trinajstić information content (AvgIpc) is 2.84. The fourth-order valence-electron chi connectivity index (χ4n) is 3.33. The number of non-ortho nitro benzene ring substituents is 1. The number of barbiturate groups is 1. The summed E-state index contributed by atoms with van der Waals surface area (Å²) in [6, 6.07) is 11.8. The molecule has 3 aromatic rings. The van der Waals surface area contributed by atoms with Crippen molar-refractivity contribution in [2.24, 2.45) is 0 Å². The molecule has 0 unspecified atom stereocenters. The number of hydrogen-bond acceptors (Lipinski definition) is 8. The number of benzene rings is 3. The van der Waals surface area contributed by atoms with Gasteiger partial charge in [-0.2, -0.15) is 0 Å². The molecule has 37 heavy (non-hydrogen) atoms. The van der Waals surface area contributed by atoms with E-state index in [2.05, 4.69) is 5.32 Å². The van der Waals surface area contributed by atoms with Crippen molar-refractivity contribution in [3.63, 3.8) is 0 Å². The van der Waals surface area contributed by atoms with Gasteiger partial charge >= 0.3 is 11.7 Å². The first-order chi connectivity index (χ1) is 17.6. The van der Waals surface area contributed by atoms with Crippen molar-refractivity contribution in [2.45, 2.75) is 0 Å². The third kappa shape index (κ3) is 5.10. The fourth-order valence-corrected chi connectivity index (χ4v) is 3.62. The highest BCUT2D eigenvalue weighted by molar-refractivity contribution is 6.43. The van der Waals surface area contributed by atoms with Crippen molar-refractivity contribution in [2.75, 3.05) is 4.90 Å². The third-order valence-electron chi connectivity index (χ3n) is 5.05. The van der Waals surface area contributed by atoms with E-state index in [1.165, 1.54) is 36.4 Å². The van der Waals surface area contributed by atoms with Crippen molar-refractivity contribution >= 4 is 64.2 Å². The topological polar surface area (TPSA) is 162 Å². The molecule has 14 heteroatoms. The third-order valence-corrected chi connectivity index (χ3v) is 5.79. The van der Waals surface area contributed by atoms with Gasteiger partial charge in [0, 0.05) is 11.6 Å². The average molecular weight is 543 g/mol. The Morgan fingerprint density at radius 1 is 0.865 bits per heavy atom. The summed E-state index contributed by atoms with van der Waals surface area (Å²) in [6.07, 6.45) is 1.14.